The lowest BCUT2D eigenvalue weighted by Crippen LogP contribution is -2.34. The van der Waals surface area contributed by atoms with Crippen molar-refractivity contribution in [1.29, 1.82) is 0 Å². The van der Waals surface area contributed by atoms with Gasteiger partial charge in [-0.05, 0) is 30.7 Å². The summed E-state index contributed by atoms with van der Waals surface area (Å²) >= 11 is 6.05. The van der Waals surface area contributed by atoms with Crippen LogP contribution in [0.25, 0.3) is 0 Å². The van der Waals surface area contributed by atoms with Crippen LogP contribution in [0, 0.1) is 0 Å². The second kappa shape index (κ2) is 7.36. The Kier molecular flexibility index (Phi) is 6.12. The van der Waals surface area contributed by atoms with Gasteiger partial charge in [0.2, 0.25) is 5.91 Å². The minimum atomic E-state index is -0.334. The molecule has 19 heavy (non-hydrogen) atoms. The van der Waals surface area contributed by atoms with E-state index in [1.54, 1.807) is 0 Å². The second-order valence-corrected chi connectivity index (χ2v) is 5.23. The summed E-state index contributed by atoms with van der Waals surface area (Å²) in [5.41, 5.74) is 7.36. The first kappa shape index (κ1) is 15.8. The molecule has 0 saturated carbocycles. The molecule has 0 fully saturated rings. The van der Waals surface area contributed by atoms with Gasteiger partial charge in [-0.1, -0.05) is 25.4 Å². The Bertz CT molecular complexity index is 435. The largest absolute Gasteiger partial charge is 0.368 e. The van der Waals surface area contributed by atoms with Crippen molar-refractivity contribution in [3.05, 3.63) is 28.8 Å². The third-order valence-electron chi connectivity index (χ3n) is 2.81. The Hall–Kier alpha value is -1.26. The third kappa shape index (κ3) is 5.09. The van der Waals surface area contributed by atoms with Crippen LogP contribution in [0.15, 0.2) is 18.2 Å². The number of carbonyl (C=O) groups excluding carboxylic acids is 1. The van der Waals surface area contributed by atoms with Crippen LogP contribution in [0.1, 0.15) is 26.3 Å². The molecular weight excluding hydrogens is 262 g/mol. The van der Waals surface area contributed by atoms with Crippen LogP contribution in [0.5, 0.6) is 0 Å². The number of carbonyl (C=O) groups is 1. The fourth-order valence-corrected chi connectivity index (χ4v) is 2.07. The highest BCUT2D eigenvalue weighted by molar-refractivity contribution is 6.30. The smallest absolute Gasteiger partial charge is 0.236 e. The van der Waals surface area contributed by atoms with Crippen molar-refractivity contribution in [3.63, 3.8) is 0 Å². The van der Waals surface area contributed by atoms with Gasteiger partial charge in [0.25, 0.3) is 0 Å². The predicted molar refractivity (Wildman–Crippen MR) is 80.5 cm³/mol. The van der Waals surface area contributed by atoms with Crippen LogP contribution in [-0.2, 0) is 11.3 Å². The van der Waals surface area contributed by atoms with Gasteiger partial charge in [0.05, 0.1) is 6.54 Å². The van der Waals surface area contributed by atoms with Gasteiger partial charge in [0, 0.05) is 29.8 Å². The average Bonchev–Trinajstić information content (AvgIpc) is 2.33. The van der Waals surface area contributed by atoms with Crippen molar-refractivity contribution >= 4 is 23.2 Å². The normalized spacial score (nSPS) is 10.8. The molecule has 0 atom stereocenters. The van der Waals surface area contributed by atoms with E-state index in [0.29, 0.717) is 17.6 Å². The van der Waals surface area contributed by atoms with Gasteiger partial charge in [-0.25, -0.2) is 0 Å². The summed E-state index contributed by atoms with van der Waals surface area (Å²) in [7, 11) is 0. The molecule has 0 aliphatic heterocycles. The van der Waals surface area contributed by atoms with Gasteiger partial charge in [0.1, 0.15) is 0 Å². The minimum Gasteiger partial charge on any atom is -0.368 e. The summed E-state index contributed by atoms with van der Waals surface area (Å²) in [5, 5.41) is 4.05. The molecule has 0 bridgehead atoms. The van der Waals surface area contributed by atoms with E-state index in [9.17, 15) is 4.79 Å². The molecule has 106 valence electrons. The van der Waals surface area contributed by atoms with E-state index in [1.807, 2.05) is 30.0 Å². The summed E-state index contributed by atoms with van der Waals surface area (Å²) in [5.74, 6) is -0.334. The molecule has 0 aromatic heterocycles. The SMILES string of the molecule is CCN(CC(N)=O)c1ccc(Cl)cc1CNC(C)C. The zero-order chi connectivity index (χ0) is 14.4. The minimum absolute atomic E-state index is 0.215. The number of halogens is 1. The summed E-state index contributed by atoms with van der Waals surface area (Å²) in [6.45, 7) is 7.82. The van der Waals surface area contributed by atoms with Crippen LogP contribution in [0.2, 0.25) is 5.02 Å². The van der Waals surface area contributed by atoms with Crippen molar-refractivity contribution in [2.24, 2.45) is 5.73 Å². The number of hydrogen-bond acceptors (Lipinski definition) is 3. The Morgan fingerprint density at radius 2 is 2.16 bits per heavy atom. The maximum atomic E-state index is 11.1. The molecule has 3 N–H and O–H groups in total. The molecule has 0 saturated heterocycles. The van der Waals surface area contributed by atoms with Crippen LogP contribution < -0.4 is 16.0 Å². The second-order valence-electron chi connectivity index (χ2n) is 4.79. The first-order chi connectivity index (χ1) is 8.93. The van der Waals surface area contributed by atoms with Gasteiger partial charge < -0.3 is 16.0 Å². The Morgan fingerprint density at radius 3 is 2.68 bits per heavy atom. The first-order valence-electron chi connectivity index (χ1n) is 6.49. The van der Waals surface area contributed by atoms with E-state index >= 15 is 0 Å². The quantitative estimate of drug-likeness (QED) is 0.806. The standard InChI is InChI=1S/C14H22ClN3O/c1-4-18(9-14(16)19)13-6-5-12(15)7-11(13)8-17-10(2)3/h5-7,10,17H,4,8-9H2,1-3H3,(H2,16,19). The molecule has 0 aliphatic carbocycles. The number of hydrogen-bond donors (Lipinski definition) is 2. The van der Waals surface area contributed by atoms with Crippen LogP contribution in [0.4, 0.5) is 5.69 Å². The van der Waals surface area contributed by atoms with E-state index in [4.69, 9.17) is 17.3 Å². The number of rotatable bonds is 7. The average molecular weight is 284 g/mol. The van der Waals surface area contributed by atoms with Crippen molar-refractivity contribution < 1.29 is 4.79 Å². The summed E-state index contributed by atoms with van der Waals surface area (Å²) in [6.07, 6.45) is 0. The van der Waals surface area contributed by atoms with E-state index in [1.165, 1.54) is 0 Å². The van der Waals surface area contributed by atoms with Crippen molar-refractivity contribution in [1.82, 2.24) is 5.32 Å². The van der Waals surface area contributed by atoms with Gasteiger partial charge in [0.15, 0.2) is 0 Å². The van der Waals surface area contributed by atoms with Crippen molar-refractivity contribution in [3.8, 4) is 0 Å². The molecule has 0 unspecified atom stereocenters. The van der Waals surface area contributed by atoms with Gasteiger partial charge >= 0.3 is 0 Å². The number of primary amides is 1. The highest BCUT2D eigenvalue weighted by Gasteiger charge is 2.12. The number of nitrogens with one attached hydrogen (secondary N) is 1. The van der Waals surface area contributed by atoms with Gasteiger partial charge in [-0.15, -0.1) is 0 Å². The molecule has 1 aromatic rings. The van der Waals surface area contributed by atoms with Gasteiger partial charge in [-0.2, -0.15) is 0 Å². The molecule has 0 spiro atoms. The summed E-state index contributed by atoms with van der Waals surface area (Å²) in [4.78, 5) is 13.1. The van der Waals surface area contributed by atoms with E-state index < -0.39 is 0 Å². The highest BCUT2D eigenvalue weighted by atomic mass is 35.5. The molecule has 0 aliphatic rings. The molecule has 1 rings (SSSR count). The molecule has 4 nitrogen and oxygen atoms in total. The summed E-state index contributed by atoms with van der Waals surface area (Å²) < 4.78 is 0. The topological polar surface area (TPSA) is 58.4 Å². The molecular formula is C14H22ClN3O. The Labute approximate surface area is 119 Å². The van der Waals surface area contributed by atoms with Crippen LogP contribution in [-0.4, -0.2) is 25.0 Å². The van der Waals surface area contributed by atoms with Crippen LogP contribution in [0.3, 0.4) is 0 Å². The predicted octanol–water partition coefficient (Wildman–Crippen LogP) is 2.15. The number of likely N-dealkylation sites (N-methyl/N-ethyl adjacent to an activating group) is 1. The maximum absolute atomic E-state index is 11.1. The zero-order valence-electron chi connectivity index (χ0n) is 11.7. The maximum Gasteiger partial charge on any atom is 0.236 e. The molecule has 0 radical (unpaired) electrons. The van der Waals surface area contributed by atoms with Gasteiger partial charge in [-0.3, -0.25) is 4.79 Å². The highest BCUT2D eigenvalue weighted by Crippen LogP contribution is 2.24. The number of benzene rings is 1. The molecule has 1 aromatic carbocycles. The van der Waals surface area contributed by atoms with E-state index in [-0.39, 0.29) is 12.5 Å². The van der Waals surface area contributed by atoms with Crippen molar-refractivity contribution in [2.75, 3.05) is 18.0 Å². The molecule has 0 heterocycles. The lowest BCUT2D eigenvalue weighted by Gasteiger charge is -2.25. The molecule has 1 amide bonds. The molecule has 5 heteroatoms. The zero-order valence-corrected chi connectivity index (χ0v) is 12.5. The number of nitrogens with two attached hydrogens (primary N) is 1. The number of nitrogens with zero attached hydrogens (tertiary/aromatic N) is 1. The number of amides is 1. The van der Waals surface area contributed by atoms with Crippen LogP contribution >= 0.6 is 11.6 Å². The van der Waals surface area contributed by atoms with E-state index in [0.717, 1.165) is 17.8 Å². The monoisotopic (exact) mass is 283 g/mol. The van der Waals surface area contributed by atoms with E-state index in [2.05, 4.69) is 19.2 Å². The third-order valence-corrected chi connectivity index (χ3v) is 3.05. The fraction of sp³-hybridized carbons (Fsp3) is 0.500. The summed E-state index contributed by atoms with van der Waals surface area (Å²) in [6, 6.07) is 6.08. The van der Waals surface area contributed by atoms with Crippen molar-refractivity contribution in [2.45, 2.75) is 33.4 Å². The first-order valence-corrected chi connectivity index (χ1v) is 6.86. The fourth-order valence-electron chi connectivity index (χ4n) is 1.87. The Morgan fingerprint density at radius 1 is 1.47 bits per heavy atom. The lowest BCUT2D eigenvalue weighted by molar-refractivity contribution is -0.116. The Balaban J connectivity index is 2.99. The lowest BCUT2D eigenvalue weighted by atomic mass is 10.1. The number of anilines is 1.